The molecule has 1 N–H and O–H groups in total. The molecule has 0 saturated carbocycles. The Hall–Kier alpha value is -1.74. The lowest BCUT2D eigenvalue weighted by molar-refractivity contribution is -0.137. The molecule has 1 atom stereocenters. The highest BCUT2D eigenvalue weighted by Gasteiger charge is 2.31. The first-order valence-corrected chi connectivity index (χ1v) is 6.97. The van der Waals surface area contributed by atoms with Crippen molar-refractivity contribution < 1.29 is 17.9 Å². The van der Waals surface area contributed by atoms with Gasteiger partial charge in [0.25, 0.3) is 0 Å². The molecule has 1 unspecified atom stereocenters. The number of anilines is 1. The Labute approximate surface area is 121 Å². The average Bonchev–Trinajstić information content (AvgIpc) is 2.47. The number of alkyl halides is 3. The summed E-state index contributed by atoms with van der Waals surface area (Å²) in [7, 11) is 0. The van der Waals surface area contributed by atoms with Crippen LogP contribution in [-0.2, 0) is 10.9 Å². The molecular formula is C15H17F3N2O. The number of nitrogens with zero attached hydrogens (tertiary/aromatic N) is 1. The van der Waals surface area contributed by atoms with E-state index in [1.54, 1.807) is 6.07 Å². The molecule has 1 aliphatic heterocycles. The number of benzene rings is 1. The van der Waals surface area contributed by atoms with Gasteiger partial charge in [-0.2, -0.15) is 18.4 Å². The molecule has 1 aliphatic rings. The van der Waals surface area contributed by atoms with Gasteiger partial charge in [-0.25, -0.2) is 0 Å². The average molecular weight is 298 g/mol. The van der Waals surface area contributed by atoms with E-state index in [0.717, 1.165) is 44.4 Å². The highest BCUT2D eigenvalue weighted by molar-refractivity contribution is 5.58. The predicted octanol–water partition coefficient (Wildman–Crippen LogP) is 3.95. The number of rotatable bonds is 4. The summed E-state index contributed by atoms with van der Waals surface area (Å²) in [6.45, 7) is 1.35. The van der Waals surface area contributed by atoms with Gasteiger partial charge < -0.3 is 10.1 Å². The zero-order chi connectivity index (χ0) is 15.3. The molecule has 1 aromatic carbocycles. The molecule has 1 aromatic rings. The first-order chi connectivity index (χ1) is 10.0. The van der Waals surface area contributed by atoms with Crippen molar-refractivity contribution >= 4 is 5.69 Å². The molecule has 1 saturated heterocycles. The molecular weight excluding hydrogens is 281 g/mol. The first-order valence-electron chi connectivity index (χ1n) is 6.97. The number of ether oxygens (including phenoxy) is 1. The van der Waals surface area contributed by atoms with E-state index in [1.807, 2.05) is 0 Å². The van der Waals surface area contributed by atoms with Gasteiger partial charge >= 0.3 is 6.18 Å². The monoisotopic (exact) mass is 298 g/mol. The Kier molecular flexibility index (Phi) is 5.07. The maximum Gasteiger partial charge on any atom is 0.416 e. The summed E-state index contributed by atoms with van der Waals surface area (Å²) < 4.78 is 43.3. The van der Waals surface area contributed by atoms with Crippen molar-refractivity contribution in [1.82, 2.24) is 0 Å². The minimum absolute atomic E-state index is 0.00869. The maximum atomic E-state index is 12.6. The maximum absolute atomic E-state index is 12.6. The molecule has 0 bridgehead atoms. The van der Waals surface area contributed by atoms with Gasteiger partial charge in [-0.3, -0.25) is 0 Å². The van der Waals surface area contributed by atoms with Crippen LogP contribution in [-0.4, -0.2) is 19.3 Å². The van der Waals surface area contributed by atoms with E-state index in [9.17, 15) is 13.2 Å². The minimum Gasteiger partial charge on any atom is -0.384 e. The highest BCUT2D eigenvalue weighted by atomic mass is 19.4. The fraction of sp³-hybridized carbons (Fsp3) is 0.533. The molecule has 21 heavy (non-hydrogen) atoms. The summed E-state index contributed by atoms with van der Waals surface area (Å²) in [6.07, 6.45) is -0.201. The van der Waals surface area contributed by atoms with Gasteiger partial charge in [0.15, 0.2) is 0 Å². The topological polar surface area (TPSA) is 45.0 Å². The Balaban J connectivity index is 1.95. The summed E-state index contributed by atoms with van der Waals surface area (Å²) >= 11 is 0. The highest BCUT2D eigenvalue weighted by Crippen LogP contribution is 2.31. The molecule has 0 spiro atoms. The summed E-state index contributed by atoms with van der Waals surface area (Å²) in [5, 5.41) is 12.0. The van der Waals surface area contributed by atoms with Gasteiger partial charge in [0.05, 0.1) is 22.9 Å². The van der Waals surface area contributed by atoms with Gasteiger partial charge in [0.1, 0.15) is 6.07 Å². The summed E-state index contributed by atoms with van der Waals surface area (Å²) in [6, 6.07) is 4.97. The molecule has 2 rings (SSSR count). The van der Waals surface area contributed by atoms with Gasteiger partial charge in [0.2, 0.25) is 0 Å². The van der Waals surface area contributed by atoms with Crippen molar-refractivity contribution in [2.24, 2.45) is 0 Å². The summed E-state index contributed by atoms with van der Waals surface area (Å²) in [5.74, 6) is 0. The van der Waals surface area contributed by atoms with Crippen LogP contribution in [0.5, 0.6) is 0 Å². The van der Waals surface area contributed by atoms with Crippen LogP contribution in [0.1, 0.15) is 36.8 Å². The second-order valence-corrected chi connectivity index (χ2v) is 5.07. The fourth-order valence-electron chi connectivity index (χ4n) is 2.37. The van der Waals surface area contributed by atoms with Crippen molar-refractivity contribution in [3.63, 3.8) is 0 Å². The summed E-state index contributed by atoms with van der Waals surface area (Å²) in [5.41, 5.74) is -0.365. The lowest BCUT2D eigenvalue weighted by Gasteiger charge is -2.22. The van der Waals surface area contributed by atoms with Crippen LogP contribution in [0.25, 0.3) is 0 Å². The Morgan fingerprint density at radius 1 is 1.33 bits per heavy atom. The van der Waals surface area contributed by atoms with Crippen LogP contribution in [0.15, 0.2) is 18.2 Å². The van der Waals surface area contributed by atoms with E-state index < -0.39 is 11.7 Å². The Morgan fingerprint density at radius 3 is 2.76 bits per heavy atom. The molecule has 114 valence electrons. The van der Waals surface area contributed by atoms with Gasteiger partial charge in [-0.1, -0.05) is 0 Å². The minimum atomic E-state index is -4.43. The fourth-order valence-corrected chi connectivity index (χ4v) is 2.37. The molecule has 0 amide bonds. The second-order valence-electron chi connectivity index (χ2n) is 5.07. The lowest BCUT2D eigenvalue weighted by Crippen LogP contribution is -2.22. The van der Waals surface area contributed by atoms with Crippen LogP contribution in [0.3, 0.4) is 0 Å². The van der Waals surface area contributed by atoms with Gasteiger partial charge in [-0.15, -0.1) is 0 Å². The third-order valence-corrected chi connectivity index (χ3v) is 3.52. The number of halogens is 3. The van der Waals surface area contributed by atoms with Crippen molar-refractivity contribution in [3.8, 4) is 6.07 Å². The molecule has 0 aromatic heterocycles. The van der Waals surface area contributed by atoms with E-state index in [-0.39, 0.29) is 11.7 Å². The van der Waals surface area contributed by atoms with Crippen molar-refractivity contribution in [1.29, 1.82) is 5.26 Å². The van der Waals surface area contributed by atoms with E-state index in [1.165, 1.54) is 6.07 Å². The molecule has 1 heterocycles. The third-order valence-electron chi connectivity index (χ3n) is 3.52. The molecule has 6 heteroatoms. The first kappa shape index (κ1) is 15.6. The Morgan fingerprint density at radius 2 is 2.14 bits per heavy atom. The third kappa shape index (κ3) is 4.36. The van der Waals surface area contributed by atoms with Gasteiger partial charge in [-0.05, 0) is 43.9 Å². The number of hydrogen-bond donors (Lipinski definition) is 1. The molecule has 0 radical (unpaired) electrons. The lowest BCUT2D eigenvalue weighted by atomic mass is 10.1. The van der Waals surface area contributed by atoms with Crippen molar-refractivity contribution in [2.75, 3.05) is 18.5 Å². The summed E-state index contributed by atoms with van der Waals surface area (Å²) in [4.78, 5) is 0. The molecule has 1 fully saturated rings. The van der Waals surface area contributed by atoms with Crippen LogP contribution in [0.2, 0.25) is 0 Å². The van der Waals surface area contributed by atoms with Crippen LogP contribution in [0.4, 0.5) is 18.9 Å². The van der Waals surface area contributed by atoms with E-state index in [2.05, 4.69) is 5.32 Å². The van der Waals surface area contributed by atoms with Crippen LogP contribution < -0.4 is 5.32 Å². The smallest absolute Gasteiger partial charge is 0.384 e. The zero-order valence-electron chi connectivity index (χ0n) is 11.5. The van der Waals surface area contributed by atoms with Crippen LogP contribution >= 0.6 is 0 Å². The largest absolute Gasteiger partial charge is 0.416 e. The molecule has 0 aliphatic carbocycles. The second kappa shape index (κ2) is 6.81. The predicted molar refractivity (Wildman–Crippen MR) is 72.9 cm³/mol. The van der Waals surface area contributed by atoms with E-state index in [4.69, 9.17) is 10.00 Å². The Bertz CT molecular complexity index is 517. The standard InChI is InChI=1S/C15H17F3N2O/c16-15(17,18)12-4-5-14(11(9-12)10-19)20-7-6-13-3-1-2-8-21-13/h4-5,9,13,20H,1-3,6-8H2. The van der Waals surface area contributed by atoms with E-state index in [0.29, 0.717) is 12.2 Å². The number of hydrogen-bond acceptors (Lipinski definition) is 3. The quantitative estimate of drug-likeness (QED) is 0.915. The zero-order valence-corrected chi connectivity index (χ0v) is 11.5. The van der Waals surface area contributed by atoms with E-state index >= 15 is 0 Å². The SMILES string of the molecule is N#Cc1cc(C(F)(F)F)ccc1NCCC1CCCCO1. The van der Waals surface area contributed by atoms with Crippen molar-refractivity contribution in [3.05, 3.63) is 29.3 Å². The number of nitriles is 1. The van der Waals surface area contributed by atoms with Crippen LogP contribution in [0, 0.1) is 11.3 Å². The van der Waals surface area contributed by atoms with Gasteiger partial charge in [0, 0.05) is 13.2 Å². The number of nitrogens with one attached hydrogen (secondary N) is 1. The van der Waals surface area contributed by atoms with Crippen molar-refractivity contribution in [2.45, 2.75) is 38.0 Å². The molecule has 3 nitrogen and oxygen atoms in total. The normalized spacial score (nSPS) is 19.0.